The highest BCUT2D eigenvalue weighted by Gasteiger charge is 2.28. The summed E-state index contributed by atoms with van der Waals surface area (Å²) in [7, 11) is 0. The van der Waals surface area contributed by atoms with Gasteiger partial charge in [-0.2, -0.15) is 0 Å². The zero-order valence-electron chi connectivity index (χ0n) is 9.43. The molecule has 2 aromatic rings. The molecule has 0 saturated heterocycles. The van der Waals surface area contributed by atoms with Crippen LogP contribution in [0.1, 0.15) is 29.2 Å². The van der Waals surface area contributed by atoms with E-state index in [0.717, 1.165) is 23.4 Å². The summed E-state index contributed by atoms with van der Waals surface area (Å²) in [6.07, 6.45) is 1.97. The molecule has 2 heterocycles. The minimum absolute atomic E-state index is 0.0591. The molecule has 18 heavy (non-hydrogen) atoms. The average Bonchev–Trinajstić information content (AvgIpc) is 3.03. The number of hydrogen-bond donors (Lipinski definition) is 0. The lowest BCUT2D eigenvalue weighted by Crippen LogP contribution is -2.25. The van der Waals surface area contributed by atoms with E-state index < -0.39 is 5.24 Å². The lowest BCUT2D eigenvalue weighted by molar-refractivity contribution is 0.107. The van der Waals surface area contributed by atoms with E-state index in [0.29, 0.717) is 0 Å². The number of hydrogen-bond acceptors (Lipinski definition) is 3. The fourth-order valence-electron chi connectivity index (χ4n) is 2.02. The van der Waals surface area contributed by atoms with Gasteiger partial charge in [-0.15, -0.1) is 11.3 Å². The van der Waals surface area contributed by atoms with Gasteiger partial charge in [-0.1, -0.05) is 6.07 Å². The molecule has 3 nitrogen and oxygen atoms in total. The standard InChI is InChI=1S/C13H10ClNO2S/c14-12(16)9-5-6-10(11-2-1-7-18-11)15(13(9)17)8-3-4-8/h1-2,5-8H,3-4H2. The highest BCUT2D eigenvalue weighted by Crippen LogP contribution is 2.38. The van der Waals surface area contributed by atoms with Gasteiger partial charge >= 0.3 is 0 Å². The summed E-state index contributed by atoms with van der Waals surface area (Å²) in [4.78, 5) is 24.5. The fraction of sp³-hybridized carbons (Fsp3) is 0.231. The molecule has 0 aliphatic heterocycles. The second-order valence-electron chi connectivity index (χ2n) is 4.29. The maximum absolute atomic E-state index is 12.3. The molecule has 2 aromatic heterocycles. The van der Waals surface area contributed by atoms with E-state index in [1.807, 2.05) is 17.5 Å². The van der Waals surface area contributed by atoms with Crippen LogP contribution in [-0.2, 0) is 0 Å². The van der Waals surface area contributed by atoms with Crippen LogP contribution < -0.4 is 5.56 Å². The van der Waals surface area contributed by atoms with Crippen molar-refractivity contribution in [2.24, 2.45) is 0 Å². The van der Waals surface area contributed by atoms with Gasteiger partial charge < -0.3 is 4.57 Å². The van der Waals surface area contributed by atoms with Crippen LogP contribution in [0.15, 0.2) is 34.4 Å². The van der Waals surface area contributed by atoms with E-state index in [2.05, 4.69) is 0 Å². The van der Waals surface area contributed by atoms with Crippen LogP contribution in [0, 0.1) is 0 Å². The third-order valence-electron chi connectivity index (χ3n) is 3.01. The van der Waals surface area contributed by atoms with Gasteiger partial charge in [0, 0.05) is 6.04 Å². The van der Waals surface area contributed by atoms with Crippen LogP contribution in [0.3, 0.4) is 0 Å². The van der Waals surface area contributed by atoms with Crippen LogP contribution in [0.4, 0.5) is 0 Å². The number of thiophene rings is 1. The van der Waals surface area contributed by atoms with Gasteiger partial charge in [0.2, 0.25) is 0 Å². The van der Waals surface area contributed by atoms with Crippen molar-refractivity contribution >= 4 is 28.2 Å². The molecular weight excluding hydrogens is 270 g/mol. The third kappa shape index (κ3) is 1.91. The maximum Gasteiger partial charge on any atom is 0.263 e. The largest absolute Gasteiger partial charge is 0.304 e. The first-order valence-electron chi connectivity index (χ1n) is 5.67. The quantitative estimate of drug-likeness (QED) is 0.809. The topological polar surface area (TPSA) is 39.1 Å². The van der Waals surface area contributed by atoms with Crippen molar-refractivity contribution in [3.8, 4) is 10.6 Å². The monoisotopic (exact) mass is 279 g/mol. The number of carbonyl (C=O) groups is 1. The Labute approximate surface area is 113 Å². The van der Waals surface area contributed by atoms with Gasteiger partial charge in [0.1, 0.15) is 0 Å². The highest BCUT2D eigenvalue weighted by molar-refractivity contribution is 7.13. The molecule has 0 N–H and O–H groups in total. The Balaban J connectivity index is 2.24. The molecule has 92 valence electrons. The number of halogens is 1. The zero-order valence-corrected chi connectivity index (χ0v) is 11.0. The van der Waals surface area contributed by atoms with Crippen molar-refractivity contribution in [2.45, 2.75) is 18.9 Å². The molecule has 3 rings (SSSR count). The van der Waals surface area contributed by atoms with Crippen LogP contribution in [0.25, 0.3) is 10.6 Å². The lowest BCUT2D eigenvalue weighted by atomic mass is 10.2. The number of nitrogens with zero attached hydrogens (tertiary/aromatic N) is 1. The smallest absolute Gasteiger partial charge is 0.263 e. The molecule has 0 unspecified atom stereocenters. The molecule has 1 fully saturated rings. The molecule has 0 amide bonds. The Morgan fingerprint density at radius 3 is 2.67 bits per heavy atom. The van der Waals surface area contributed by atoms with Crippen molar-refractivity contribution in [2.75, 3.05) is 0 Å². The van der Waals surface area contributed by atoms with E-state index in [4.69, 9.17) is 11.6 Å². The molecule has 0 radical (unpaired) electrons. The number of rotatable bonds is 3. The summed E-state index contributed by atoms with van der Waals surface area (Å²) >= 11 is 7.01. The fourth-order valence-corrected chi connectivity index (χ4v) is 2.91. The van der Waals surface area contributed by atoms with Crippen molar-refractivity contribution < 1.29 is 4.79 Å². The molecular formula is C13H10ClNO2S. The van der Waals surface area contributed by atoms with E-state index in [1.54, 1.807) is 22.0 Å². The van der Waals surface area contributed by atoms with Gasteiger partial charge in [-0.05, 0) is 48.0 Å². The molecule has 1 saturated carbocycles. The highest BCUT2D eigenvalue weighted by atomic mass is 35.5. The first-order valence-corrected chi connectivity index (χ1v) is 6.93. The van der Waals surface area contributed by atoms with Crippen molar-refractivity contribution in [1.82, 2.24) is 4.57 Å². The minimum atomic E-state index is -0.688. The second-order valence-corrected chi connectivity index (χ2v) is 5.58. The Kier molecular flexibility index (Phi) is 2.84. The normalized spacial score (nSPS) is 14.7. The molecule has 0 spiro atoms. The summed E-state index contributed by atoms with van der Waals surface area (Å²) in [6.45, 7) is 0. The maximum atomic E-state index is 12.3. The molecule has 1 aliphatic rings. The summed E-state index contributed by atoms with van der Waals surface area (Å²) in [5, 5.41) is 1.28. The summed E-state index contributed by atoms with van der Waals surface area (Å²) in [5.41, 5.74) is 0.659. The number of pyridine rings is 1. The van der Waals surface area contributed by atoms with Gasteiger partial charge in [-0.3, -0.25) is 9.59 Å². The predicted octanol–water partition coefficient (Wildman–Crippen LogP) is 3.29. The van der Waals surface area contributed by atoms with E-state index in [1.165, 1.54) is 6.07 Å². The summed E-state index contributed by atoms with van der Waals surface area (Å²) < 4.78 is 1.71. The first-order chi connectivity index (χ1) is 8.68. The zero-order chi connectivity index (χ0) is 12.7. The second kappa shape index (κ2) is 4.37. The summed E-state index contributed by atoms with van der Waals surface area (Å²) in [6, 6.07) is 7.46. The Bertz CT molecular complexity index is 656. The Morgan fingerprint density at radius 2 is 2.11 bits per heavy atom. The third-order valence-corrected chi connectivity index (χ3v) is 4.11. The van der Waals surface area contributed by atoms with Crippen LogP contribution in [0.2, 0.25) is 0 Å². The lowest BCUT2D eigenvalue weighted by Gasteiger charge is -2.11. The van der Waals surface area contributed by atoms with Gasteiger partial charge in [-0.25, -0.2) is 0 Å². The van der Waals surface area contributed by atoms with Crippen LogP contribution in [0.5, 0.6) is 0 Å². The molecule has 1 aliphatic carbocycles. The SMILES string of the molecule is O=C(Cl)c1ccc(-c2cccs2)n(C2CC2)c1=O. The first kappa shape index (κ1) is 11.7. The Morgan fingerprint density at radius 1 is 1.33 bits per heavy atom. The Hall–Kier alpha value is -1.39. The average molecular weight is 280 g/mol. The predicted molar refractivity (Wildman–Crippen MR) is 72.5 cm³/mol. The molecule has 0 aromatic carbocycles. The van der Waals surface area contributed by atoms with Crippen LogP contribution >= 0.6 is 22.9 Å². The van der Waals surface area contributed by atoms with Gasteiger partial charge in [0.05, 0.1) is 16.1 Å². The van der Waals surface area contributed by atoms with Gasteiger partial charge in [0.25, 0.3) is 10.8 Å². The van der Waals surface area contributed by atoms with Gasteiger partial charge in [0.15, 0.2) is 0 Å². The number of aromatic nitrogens is 1. The van der Waals surface area contributed by atoms with Crippen molar-refractivity contribution in [1.29, 1.82) is 0 Å². The van der Waals surface area contributed by atoms with Crippen molar-refractivity contribution in [3.63, 3.8) is 0 Å². The van der Waals surface area contributed by atoms with E-state index >= 15 is 0 Å². The molecule has 0 atom stereocenters. The number of carbonyl (C=O) groups excluding carboxylic acids is 1. The van der Waals surface area contributed by atoms with Crippen LogP contribution in [-0.4, -0.2) is 9.81 Å². The molecule has 5 heteroatoms. The van der Waals surface area contributed by atoms with Crippen molar-refractivity contribution in [3.05, 3.63) is 45.6 Å². The van der Waals surface area contributed by atoms with E-state index in [9.17, 15) is 9.59 Å². The minimum Gasteiger partial charge on any atom is -0.304 e. The summed E-state index contributed by atoms with van der Waals surface area (Å²) in [5.74, 6) is 0. The molecule has 0 bridgehead atoms. The van der Waals surface area contributed by atoms with E-state index in [-0.39, 0.29) is 17.2 Å².